The largest absolute Gasteiger partial charge is 0.493 e. The predicted molar refractivity (Wildman–Crippen MR) is 121 cm³/mol. The molecule has 6 heteroatoms. The molecule has 1 unspecified atom stereocenters. The molecule has 1 atom stereocenters. The standard InChI is InChI=1S/C27H20N2O4/c30-26-27(20-6-1-2-7-21(20)29(26)14-18-5-3-4-10-28-18)16-33-23-13-22-19(9-12-32-22)24(25(23)27)17-8-11-31-15-17/h1-8,10-11,13,15H,9,12,14,16H2. The molecule has 2 aromatic carbocycles. The van der Waals surface area contributed by atoms with Gasteiger partial charge in [0.05, 0.1) is 31.4 Å². The molecule has 0 saturated carbocycles. The summed E-state index contributed by atoms with van der Waals surface area (Å²) in [6.07, 6.45) is 5.94. The minimum atomic E-state index is -0.926. The molecular formula is C27H20N2O4. The second-order valence-electron chi connectivity index (χ2n) is 8.64. The van der Waals surface area contributed by atoms with Gasteiger partial charge in [-0.2, -0.15) is 0 Å². The van der Waals surface area contributed by atoms with Crippen LogP contribution in [0.25, 0.3) is 11.1 Å². The average Bonchev–Trinajstić information content (AvgIpc) is 3.64. The summed E-state index contributed by atoms with van der Waals surface area (Å²) in [6.45, 7) is 1.28. The van der Waals surface area contributed by atoms with Crippen molar-refractivity contribution in [2.45, 2.75) is 18.4 Å². The molecule has 0 aliphatic carbocycles. The predicted octanol–water partition coefficient (Wildman–Crippen LogP) is 4.50. The molecule has 3 aliphatic rings. The van der Waals surface area contributed by atoms with Crippen molar-refractivity contribution in [2.75, 3.05) is 18.1 Å². The summed E-state index contributed by atoms with van der Waals surface area (Å²) in [5, 5.41) is 0. The first-order chi connectivity index (χ1) is 16.3. The third-order valence-corrected chi connectivity index (χ3v) is 6.96. The molecule has 1 spiro atoms. The number of hydrogen-bond donors (Lipinski definition) is 0. The number of rotatable bonds is 3. The maximum absolute atomic E-state index is 14.3. The number of hydrogen-bond acceptors (Lipinski definition) is 5. The van der Waals surface area contributed by atoms with Gasteiger partial charge in [-0.25, -0.2) is 0 Å². The quantitative estimate of drug-likeness (QED) is 0.473. The summed E-state index contributed by atoms with van der Waals surface area (Å²) in [5.74, 6) is 1.54. The Bertz CT molecular complexity index is 1400. The molecule has 6 nitrogen and oxygen atoms in total. The van der Waals surface area contributed by atoms with Crippen molar-refractivity contribution in [3.63, 3.8) is 0 Å². The monoisotopic (exact) mass is 436 g/mol. The normalized spacial score (nSPS) is 19.9. The smallest absolute Gasteiger partial charge is 0.246 e. The van der Waals surface area contributed by atoms with E-state index >= 15 is 0 Å². The minimum Gasteiger partial charge on any atom is -0.493 e. The number of benzene rings is 2. The van der Waals surface area contributed by atoms with Gasteiger partial charge < -0.3 is 18.8 Å². The second-order valence-corrected chi connectivity index (χ2v) is 8.64. The van der Waals surface area contributed by atoms with Crippen molar-refractivity contribution < 1.29 is 18.7 Å². The van der Waals surface area contributed by atoms with Gasteiger partial charge in [0.15, 0.2) is 0 Å². The van der Waals surface area contributed by atoms with Crippen molar-refractivity contribution in [1.82, 2.24) is 4.98 Å². The zero-order valence-corrected chi connectivity index (χ0v) is 17.8. The van der Waals surface area contributed by atoms with E-state index in [4.69, 9.17) is 13.9 Å². The maximum atomic E-state index is 14.3. The van der Waals surface area contributed by atoms with Crippen LogP contribution in [-0.4, -0.2) is 24.1 Å². The van der Waals surface area contributed by atoms with E-state index < -0.39 is 5.41 Å². The van der Waals surface area contributed by atoms with E-state index in [1.165, 1.54) is 0 Å². The molecule has 33 heavy (non-hydrogen) atoms. The van der Waals surface area contributed by atoms with Crippen LogP contribution in [0.3, 0.4) is 0 Å². The number of carbonyl (C=O) groups is 1. The number of furan rings is 1. The lowest BCUT2D eigenvalue weighted by Gasteiger charge is -2.25. The summed E-state index contributed by atoms with van der Waals surface area (Å²) < 4.78 is 17.6. The van der Waals surface area contributed by atoms with Gasteiger partial charge in [-0.3, -0.25) is 9.78 Å². The minimum absolute atomic E-state index is 0.0108. The number of carbonyl (C=O) groups excluding carboxylic acids is 1. The number of aromatic nitrogens is 1. The highest BCUT2D eigenvalue weighted by molar-refractivity contribution is 6.12. The van der Waals surface area contributed by atoms with Crippen molar-refractivity contribution in [1.29, 1.82) is 0 Å². The topological polar surface area (TPSA) is 64.8 Å². The van der Waals surface area contributed by atoms with E-state index in [0.29, 0.717) is 18.9 Å². The van der Waals surface area contributed by atoms with Gasteiger partial charge in [-0.05, 0) is 29.8 Å². The van der Waals surface area contributed by atoms with E-state index in [1.807, 2.05) is 59.5 Å². The van der Waals surface area contributed by atoms with Crippen LogP contribution in [0.2, 0.25) is 0 Å². The Balaban J connectivity index is 1.48. The van der Waals surface area contributed by atoms with Gasteiger partial charge in [-0.15, -0.1) is 0 Å². The van der Waals surface area contributed by atoms with Crippen molar-refractivity contribution in [3.05, 3.63) is 95.7 Å². The Kier molecular flexibility index (Phi) is 3.77. The Hall–Kier alpha value is -4.06. The van der Waals surface area contributed by atoms with Gasteiger partial charge in [-0.1, -0.05) is 24.3 Å². The average molecular weight is 436 g/mol. The van der Waals surface area contributed by atoms with Crippen molar-refractivity contribution in [2.24, 2.45) is 0 Å². The number of nitrogens with zero attached hydrogens (tertiary/aromatic N) is 2. The Morgan fingerprint density at radius 1 is 1.03 bits per heavy atom. The third kappa shape index (κ3) is 2.43. The van der Waals surface area contributed by atoms with Gasteiger partial charge in [0, 0.05) is 46.6 Å². The molecule has 0 N–H and O–H groups in total. The molecule has 162 valence electrons. The second kappa shape index (κ2) is 6.72. The Morgan fingerprint density at radius 2 is 1.94 bits per heavy atom. The first-order valence-electron chi connectivity index (χ1n) is 11.1. The van der Waals surface area contributed by atoms with Gasteiger partial charge in [0.25, 0.3) is 0 Å². The summed E-state index contributed by atoms with van der Waals surface area (Å²) in [6, 6.07) is 17.7. The third-order valence-electron chi connectivity index (χ3n) is 6.96. The fraction of sp³-hybridized carbons (Fsp3) is 0.185. The van der Waals surface area contributed by atoms with E-state index in [-0.39, 0.29) is 12.5 Å². The number of pyridine rings is 1. The molecule has 4 aromatic rings. The summed E-state index contributed by atoms with van der Waals surface area (Å²) >= 11 is 0. The highest BCUT2D eigenvalue weighted by atomic mass is 16.5. The number of ether oxygens (including phenoxy) is 2. The molecular weight excluding hydrogens is 416 g/mol. The van der Waals surface area contributed by atoms with Gasteiger partial charge >= 0.3 is 0 Å². The summed E-state index contributed by atoms with van der Waals surface area (Å²) in [7, 11) is 0. The van der Waals surface area contributed by atoms with E-state index in [9.17, 15) is 4.79 Å². The highest BCUT2D eigenvalue weighted by Crippen LogP contribution is 2.58. The van der Waals surface area contributed by atoms with Gasteiger partial charge in [0.2, 0.25) is 5.91 Å². The summed E-state index contributed by atoms with van der Waals surface area (Å²) in [4.78, 5) is 20.6. The van der Waals surface area contributed by atoms with Crippen LogP contribution < -0.4 is 14.4 Å². The van der Waals surface area contributed by atoms with Crippen molar-refractivity contribution >= 4 is 11.6 Å². The van der Waals surface area contributed by atoms with E-state index in [2.05, 4.69) is 4.98 Å². The lowest BCUT2D eigenvalue weighted by Crippen LogP contribution is -2.42. The lowest BCUT2D eigenvalue weighted by molar-refractivity contribution is -0.122. The SMILES string of the molecule is O=C1N(Cc2ccccn2)c2ccccc2C12COc1cc3c(c(-c4ccoc4)c12)CCO3. The summed E-state index contributed by atoms with van der Waals surface area (Å²) in [5.41, 5.74) is 5.73. The Morgan fingerprint density at radius 3 is 2.79 bits per heavy atom. The molecule has 5 heterocycles. The number of anilines is 1. The van der Waals surface area contributed by atoms with Crippen LogP contribution in [0.4, 0.5) is 5.69 Å². The first kappa shape index (κ1) is 18.5. The fourth-order valence-corrected chi connectivity index (χ4v) is 5.55. The zero-order valence-electron chi connectivity index (χ0n) is 17.8. The maximum Gasteiger partial charge on any atom is 0.246 e. The fourth-order valence-electron chi connectivity index (χ4n) is 5.55. The first-order valence-corrected chi connectivity index (χ1v) is 11.1. The number of fused-ring (bicyclic) bond motifs is 5. The van der Waals surface area contributed by atoms with Crippen molar-refractivity contribution in [3.8, 4) is 22.6 Å². The van der Waals surface area contributed by atoms with E-state index in [1.54, 1.807) is 18.7 Å². The Labute approximate surface area is 190 Å². The molecule has 1 amide bonds. The van der Waals surface area contributed by atoms with Crippen LogP contribution >= 0.6 is 0 Å². The molecule has 0 fully saturated rings. The number of amides is 1. The van der Waals surface area contributed by atoms with Crippen LogP contribution in [0.5, 0.6) is 11.5 Å². The van der Waals surface area contributed by atoms with Crippen LogP contribution in [0, 0.1) is 0 Å². The molecule has 2 aromatic heterocycles. The molecule has 3 aliphatic heterocycles. The molecule has 0 bridgehead atoms. The lowest BCUT2D eigenvalue weighted by atomic mass is 9.73. The van der Waals surface area contributed by atoms with Crippen LogP contribution in [0.1, 0.15) is 22.4 Å². The van der Waals surface area contributed by atoms with Crippen LogP contribution in [-0.2, 0) is 23.2 Å². The molecule has 0 saturated heterocycles. The van der Waals surface area contributed by atoms with Crippen LogP contribution in [0.15, 0.2) is 77.7 Å². The zero-order chi connectivity index (χ0) is 22.0. The number of para-hydroxylation sites is 1. The van der Waals surface area contributed by atoms with Gasteiger partial charge in [0.1, 0.15) is 23.5 Å². The highest BCUT2D eigenvalue weighted by Gasteiger charge is 2.58. The molecule has 0 radical (unpaired) electrons. The molecule has 7 rings (SSSR count). The van der Waals surface area contributed by atoms with E-state index in [0.717, 1.165) is 51.4 Å².